The van der Waals surface area contributed by atoms with Gasteiger partial charge in [0, 0.05) is 11.3 Å². The maximum atomic E-state index is 11.9. The molecule has 2 aromatic rings. The second-order valence-electron chi connectivity index (χ2n) is 4.70. The Bertz CT molecular complexity index is 644. The van der Waals surface area contributed by atoms with Crippen molar-refractivity contribution in [3.05, 3.63) is 54.6 Å². The fourth-order valence-corrected chi connectivity index (χ4v) is 2.07. The number of carbonyl (C=O) groups is 1. The van der Waals surface area contributed by atoms with E-state index < -0.39 is 0 Å². The molecule has 1 unspecified atom stereocenters. The Labute approximate surface area is 125 Å². The van der Waals surface area contributed by atoms with Crippen LogP contribution in [0, 0.1) is 12.3 Å². The molecule has 1 amide bonds. The number of nitrogens with one attached hydrogen (secondary N) is 2. The fourth-order valence-electron chi connectivity index (χ4n) is 2.07. The van der Waals surface area contributed by atoms with Crippen molar-refractivity contribution >= 4 is 11.6 Å². The van der Waals surface area contributed by atoms with E-state index >= 15 is 0 Å². The van der Waals surface area contributed by atoms with Crippen LogP contribution < -0.4 is 10.6 Å². The average molecular weight is 278 g/mol. The zero-order valence-corrected chi connectivity index (χ0v) is 12.0. The Morgan fingerprint density at radius 2 is 1.81 bits per heavy atom. The van der Waals surface area contributed by atoms with Crippen molar-refractivity contribution in [2.24, 2.45) is 0 Å². The molecule has 2 aromatic carbocycles. The number of benzene rings is 2. The van der Waals surface area contributed by atoms with Gasteiger partial charge in [-0.15, -0.1) is 6.42 Å². The van der Waals surface area contributed by atoms with E-state index in [1.54, 1.807) is 0 Å². The van der Waals surface area contributed by atoms with E-state index in [-0.39, 0.29) is 18.5 Å². The van der Waals surface area contributed by atoms with Crippen molar-refractivity contribution in [2.75, 3.05) is 11.9 Å². The maximum absolute atomic E-state index is 11.9. The SMILES string of the molecule is C#CCNC(=O)C(C)Nc1ccccc1-c1ccccc1. The molecule has 0 aliphatic heterocycles. The summed E-state index contributed by atoms with van der Waals surface area (Å²) in [5, 5.41) is 5.91. The first-order valence-corrected chi connectivity index (χ1v) is 6.84. The largest absolute Gasteiger partial charge is 0.373 e. The molecule has 106 valence electrons. The minimum atomic E-state index is -0.358. The molecule has 0 radical (unpaired) electrons. The lowest BCUT2D eigenvalue weighted by atomic mass is 10.0. The predicted molar refractivity (Wildman–Crippen MR) is 86.8 cm³/mol. The fraction of sp³-hybridized carbons (Fsp3) is 0.167. The highest BCUT2D eigenvalue weighted by atomic mass is 16.2. The third-order valence-corrected chi connectivity index (χ3v) is 3.14. The minimum Gasteiger partial charge on any atom is -0.373 e. The highest BCUT2D eigenvalue weighted by Crippen LogP contribution is 2.27. The summed E-state index contributed by atoms with van der Waals surface area (Å²) in [4.78, 5) is 11.9. The standard InChI is InChI=1S/C18H18N2O/c1-3-13-19-18(21)14(2)20-17-12-8-7-11-16(17)15-9-5-4-6-10-15/h1,4-12,14,20H,13H2,2H3,(H,19,21). The summed E-state index contributed by atoms with van der Waals surface area (Å²) in [7, 11) is 0. The van der Waals surface area contributed by atoms with Crippen LogP contribution in [0.1, 0.15) is 6.92 Å². The van der Waals surface area contributed by atoms with Gasteiger partial charge in [0.05, 0.1) is 6.54 Å². The van der Waals surface area contributed by atoms with Gasteiger partial charge < -0.3 is 10.6 Å². The van der Waals surface area contributed by atoms with Crippen molar-refractivity contribution in [3.8, 4) is 23.5 Å². The Morgan fingerprint density at radius 3 is 2.52 bits per heavy atom. The number of hydrogen-bond donors (Lipinski definition) is 2. The Balaban J connectivity index is 2.18. The first-order chi connectivity index (χ1) is 10.2. The number of terminal acetylenes is 1. The van der Waals surface area contributed by atoms with Crippen LogP contribution >= 0.6 is 0 Å². The van der Waals surface area contributed by atoms with Gasteiger partial charge in [-0.2, -0.15) is 0 Å². The molecule has 0 saturated heterocycles. The van der Waals surface area contributed by atoms with Gasteiger partial charge >= 0.3 is 0 Å². The smallest absolute Gasteiger partial charge is 0.242 e. The van der Waals surface area contributed by atoms with Crippen LogP contribution in [0.25, 0.3) is 11.1 Å². The Kier molecular flexibility index (Phi) is 5.00. The molecule has 3 nitrogen and oxygen atoms in total. The van der Waals surface area contributed by atoms with Gasteiger partial charge in [-0.25, -0.2) is 0 Å². The summed E-state index contributed by atoms with van der Waals surface area (Å²) in [6, 6.07) is 17.6. The van der Waals surface area contributed by atoms with Crippen molar-refractivity contribution in [3.63, 3.8) is 0 Å². The Morgan fingerprint density at radius 1 is 1.14 bits per heavy atom. The molecular weight excluding hydrogens is 260 g/mol. The summed E-state index contributed by atoms with van der Waals surface area (Å²) in [6.45, 7) is 2.05. The molecule has 0 spiro atoms. The van der Waals surface area contributed by atoms with Crippen LogP contribution in [-0.4, -0.2) is 18.5 Å². The maximum Gasteiger partial charge on any atom is 0.242 e. The van der Waals surface area contributed by atoms with Gasteiger partial charge in [0.15, 0.2) is 0 Å². The van der Waals surface area contributed by atoms with Crippen molar-refractivity contribution in [1.82, 2.24) is 5.32 Å². The lowest BCUT2D eigenvalue weighted by molar-refractivity contribution is -0.121. The first-order valence-electron chi connectivity index (χ1n) is 6.84. The van der Waals surface area contributed by atoms with Crippen LogP contribution in [-0.2, 0) is 4.79 Å². The van der Waals surface area contributed by atoms with Crippen molar-refractivity contribution in [2.45, 2.75) is 13.0 Å². The summed E-state index contributed by atoms with van der Waals surface area (Å²) in [5.74, 6) is 2.28. The molecule has 3 heteroatoms. The second-order valence-corrected chi connectivity index (χ2v) is 4.70. The van der Waals surface area contributed by atoms with E-state index in [9.17, 15) is 4.79 Å². The van der Waals surface area contributed by atoms with Crippen molar-refractivity contribution in [1.29, 1.82) is 0 Å². The second kappa shape index (κ2) is 7.16. The number of para-hydroxylation sites is 1. The van der Waals surface area contributed by atoms with Crippen LogP contribution in [0.2, 0.25) is 0 Å². The molecule has 0 saturated carbocycles. The molecule has 0 aliphatic rings. The van der Waals surface area contributed by atoms with Gasteiger partial charge in [0.2, 0.25) is 5.91 Å². The van der Waals surface area contributed by atoms with Gasteiger partial charge in [-0.1, -0.05) is 54.5 Å². The molecule has 0 heterocycles. The lowest BCUT2D eigenvalue weighted by Crippen LogP contribution is -2.37. The average Bonchev–Trinajstić information content (AvgIpc) is 2.54. The quantitative estimate of drug-likeness (QED) is 0.826. The van der Waals surface area contributed by atoms with Crippen molar-refractivity contribution < 1.29 is 4.79 Å². The molecular formula is C18H18N2O. The summed E-state index contributed by atoms with van der Waals surface area (Å²) in [6.07, 6.45) is 5.14. The van der Waals surface area contributed by atoms with Crippen LogP contribution in [0.5, 0.6) is 0 Å². The summed E-state index contributed by atoms with van der Waals surface area (Å²) >= 11 is 0. The molecule has 0 fully saturated rings. The zero-order chi connectivity index (χ0) is 15.1. The normalized spacial score (nSPS) is 11.2. The number of hydrogen-bond acceptors (Lipinski definition) is 2. The zero-order valence-electron chi connectivity index (χ0n) is 12.0. The molecule has 0 aliphatic carbocycles. The van der Waals surface area contributed by atoms with Gasteiger partial charge in [-0.3, -0.25) is 4.79 Å². The monoisotopic (exact) mass is 278 g/mol. The summed E-state index contributed by atoms with van der Waals surface area (Å²) < 4.78 is 0. The van der Waals surface area contributed by atoms with E-state index in [1.165, 1.54) is 0 Å². The van der Waals surface area contributed by atoms with Crippen LogP contribution in [0.4, 0.5) is 5.69 Å². The first kappa shape index (κ1) is 14.7. The van der Waals surface area contributed by atoms with Crippen LogP contribution in [0.15, 0.2) is 54.6 Å². The lowest BCUT2D eigenvalue weighted by Gasteiger charge is -2.17. The van der Waals surface area contributed by atoms with E-state index in [1.807, 2.05) is 61.5 Å². The number of rotatable bonds is 5. The van der Waals surface area contributed by atoms with E-state index in [0.29, 0.717) is 0 Å². The van der Waals surface area contributed by atoms with E-state index in [2.05, 4.69) is 16.6 Å². The highest BCUT2D eigenvalue weighted by molar-refractivity contribution is 5.87. The molecule has 2 rings (SSSR count). The third-order valence-electron chi connectivity index (χ3n) is 3.14. The van der Waals surface area contributed by atoms with E-state index in [4.69, 9.17) is 6.42 Å². The molecule has 1 atom stereocenters. The minimum absolute atomic E-state index is 0.115. The third kappa shape index (κ3) is 3.87. The summed E-state index contributed by atoms with van der Waals surface area (Å²) in [5.41, 5.74) is 3.10. The number of carbonyl (C=O) groups excluding carboxylic acids is 1. The van der Waals surface area contributed by atoms with Gasteiger partial charge in [0.25, 0.3) is 0 Å². The van der Waals surface area contributed by atoms with E-state index in [0.717, 1.165) is 16.8 Å². The highest BCUT2D eigenvalue weighted by Gasteiger charge is 2.13. The number of amides is 1. The topological polar surface area (TPSA) is 41.1 Å². The van der Waals surface area contributed by atoms with Gasteiger partial charge in [0.1, 0.15) is 6.04 Å². The molecule has 2 N–H and O–H groups in total. The molecule has 0 aromatic heterocycles. The van der Waals surface area contributed by atoms with Gasteiger partial charge in [-0.05, 0) is 18.6 Å². The Hall–Kier alpha value is -2.73. The predicted octanol–water partition coefficient (Wildman–Crippen LogP) is 2.90. The number of anilines is 1. The van der Waals surface area contributed by atoms with Crippen LogP contribution in [0.3, 0.4) is 0 Å². The molecule has 21 heavy (non-hydrogen) atoms. The molecule has 0 bridgehead atoms.